The van der Waals surface area contributed by atoms with Gasteiger partial charge in [0.25, 0.3) is 0 Å². The molecule has 0 heterocycles. The van der Waals surface area contributed by atoms with Gasteiger partial charge in [0.1, 0.15) is 11.5 Å². The molecule has 6 heteroatoms. The summed E-state index contributed by atoms with van der Waals surface area (Å²) in [5.41, 5.74) is 6.34. The topological polar surface area (TPSA) is 24.9 Å². The lowest BCUT2D eigenvalue weighted by Gasteiger charge is -2.28. The van der Waals surface area contributed by atoms with Crippen LogP contribution in [0.5, 0.6) is 11.5 Å². The molecular weight excluding hydrogens is 628 g/mol. The van der Waals surface area contributed by atoms with Gasteiger partial charge < -0.3 is 19.3 Å². The molecule has 40 heavy (non-hydrogen) atoms. The van der Waals surface area contributed by atoms with Crippen LogP contribution in [-0.2, 0) is 0 Å². The van der Waals surface area contributed by atoms with E-state index in [4.69, 9.17) is 9.47 Å². The fourth-order valence-corrected chi connectivity index (χ4v) is 5.07. The van der Waals surface area contributed by atoms with E-state index in [2.05, 4.69) is 139 Å². The fraction of sp³-hybridized carbons (Fsp3) is 0.118. The minimum atomic E-state index is 0.639. The third-order valence-electron chi connectivity index (χ3n) is 6.35. The van der Waals surface area contributed by atoms with E-state index in [0.29, 0.717) is 13.2 Å². The number of hydrogen-bond donors (Lipinski definition) is 0. The largest absolute Gasteiger partial charge is 0.494 e. The van der Waals surface area contributed by atoms with Gasteiger partial charge in [-0.1, -0.05) is 31.9 Å². The Balaban J connectivity index is 1.54. The van der Waals surface area contributed by atoms with Crippen molar-refractivity contribution in [2.24, 2.45) is 0 Å². The molecule has 0 bridgehead atoms. The predicted molar refractivity (Wildman–Crippen MR) is 174 cm³/mol. The van der Waals surface area contributed by atoms with E-state index in [1.165, 1.54) is 0 Å². The SMILES string of the molecule is CCOc1ccc(N(c2ccc(Br)cc2)c2ccc(N(c3ccc(Br)cc3)c3ccc(OCC)cc3)cc2)cc1. The second kappa shape index (κ2) is 13.1. The number of ether oxygens (including phenoxy) is 2. The highest BCUT2D eigenvalue weighted by molar-refractivity contribution is 9.10. The fourth-order valence-electron chi connectivity index (χ4n) is 4.54. The molecular formula is C34H30Br2N2O2. The zero-order chi connectivity index (χ0) is 27.9. The molecule has 4 nitrogen and oxygen atoms in total. The molecule has 0 amide bonds. The van der Waals surface area contributed by atoms with Crippen molar-refractivity contribution in [1.82, 2.24) is 0 Å². The van der Waals surface area contributed by atoms with E-state index in [9.17, 15) is 0 Å². The first kappa shape index (κ1) is 27.8. The normalized spacial score (nSPS) is 10.7. The zero-order valence-corrected chi connectivity index (χ0v) is 25.6. The molecule has 0 radical (unpaired) electrons. The van der Waals surface area contributed by atoms with Crippen molar-refractivity contribution < 1.29 is 9.47 Å². The van der Waals surface area contributed by atoms with Gasteiger partial charge in [-0.05, 0) is 135 Å². The van der Waals surface area contributed by atoms with Crippen LogP contribution in [-0.4, -0.2) is 13.2 Å². The molecule has 5 aromatic rings. The van der Waals surface area contributed by atoms with Crippen LogP contribution in [0, 0.1) is 0 Å². The van der Waals surface area contributed by atoms with Gasteiger partial charge in [-0.15, -0.1) is 0 Å². The van der Waals surface area contributed by atoms with Crippen LogP contribution in [0.2, 0.25) is 0 Å². The van der Waals surface area contributed by atoms with E-state index in [1.807, 2.05) is 38.1 Å². The highest BCUT2D eigenvalue weighted by Gasteiger charge is 2.16. The molecule has 0 atom stereocenters. The average molecular weight is 658 g/mol. The first-order valence-electron chi connectivity index (χ1n) is 13.2. The van der Waals surface area contributed by atoms with Gasteiger partial charge in [-0.2, -0.15) is 0 Å². The number of benzene rings is 5. The first-order valence-corrected chi connectivity index (χ1v) is 14.8. The van der Waals surface area contributed by atoms with Gasteiger partial charge in [-0.25, -0.2) is 0 Å². The quantitative estimate of drug-likeness (QED) is 0.149. The maximum atomic E-state index is 5.68. The van der Waals surface area contributed by atoms with Gasteiger partial charge in [0.05, 0.1) is 13.2 Å². The summed E-state index contributed by atoms with van der Waals surface area (Å²) in [4.78, 5) is 4.49. The minimum absolute atomic E-state index is 0.639. The van der Waals surface area contributed by atoms with Crippen LogP contribution in [0.15, 0.2) is 130 Å². The molecule has 0 fully saturated rings. The number of hydrogen-bond acceptors (Lipinski definition) is 4. The number of nitrogens with zero attached hydrogens (tertiary/aromatic N) is 2. The summed E-state index contributed by atoms with van der Waals surface area (Å²) in [5.74, 6) is 1.72. The molecule has 0 saturated carbocycles. The summed E-state index contributed by atoms with van der Waals surface area (Å²) in [6.07, 6.45) is 0. The smallest absolute Gasteiger partial charge is 0.119 e. The Morgan fingerprint density at radius 2 is 0.625 bits per heavy atom. The molecule has 5 rings (SSSR count). The Morgan fingerprint density at radius 3 is 0.875 bits per heavy atom. The second-order valence-corrected chi connectivity index (χ2v) is 10.8. The summed E-state index contributed by atoms with van der Waals surface area (Å²) in [6.45, 7) is 5.27. The monoisotopic (exact) mass is 656 g/mol. The maximum absolute atomic E-state index is 5.68. The lowest BCUT2D eigenvalue weighted by molar-refractivity contribution is 0.340. The molecule has 0 unspecified atom stereocenters. The summed E-state index contributed by atoms with van der Waals surface area (Å²) >= 11 is 7.14. The molecule has 0 aromatic heterocycles. The Bertz CT molecular complexity index is 1390. The molecule has 0 aliphatic rings. The van der Waals surface area contributed by atoms with Crippen LogP contribution in [0.1, 0.15) is 13.8 Å². The van der Waals surface area contributed by atoms with Crippen molar-refractivity contribution in [3.63, 3.8) is 0 Å². The number of halogens is 2. The molecule has 0 aliphatic carbocycles. The van der Waals surface area contributed by atoms with Gasteiger partial charge >= 0.3 is 0 Å². The summed E-state index contributed by atoms with van der Waals surface area (Å²) in [5, 5.41) is 0. The van der Waals surface area contributed by atoms with Gasteiger partial charge in [0.15, 0.2) is 0 Å². The van der Waals surface area contributed by atoms with Crippen molar-refractivity contribution in [2.45, 2.75) is 13.8 Å². The Hall–Kier alpha value is -3.74. The Labute approximate surface area is 253 Å². The van der Waals surface area contributed by atoms with E-state index in [1.54, 1.807) is 0 Å². The van der Waals surface area contributed by atoms with Crippen molar-refractivity contribution >= 4 is 66.0 Å². The lowest BCUT2D eigenvalue weighted by atomic mass is 10.1. The molecule has 202 valence electrons. The Morgan fingerprint density at radius 1 is 0.400 bits per heavy atom. The maximum Gasteiger partial charge on any atom is 0.119 e. The van der Waals surface area contributed by atoms with Crippen LogP contribution in [0.25, 0.3) is 0 Å². The van der Waals surface area contributed by atoms with E-state index in [0.717, 1.165) is 54.6 Å². The number of anilines is 6. The zero-order valence-electron chi connectivity index (χ0n) is 22.4. The van der Waals surface area contributed by atoms with E-state index in [-0.39, 0.29) is 0 Å². The van der Waals surface area contributed by atoms with Crippen LogP contribution in [0.4, 0.5) is 34.1 Å². The lowest BCUT2D eigenvalue weighted by Crippen LogP contribution is -2.12. The average Bonchev–Trinajstić information content (AvgIpc) is 2.98. The van der Waals surface area contributed by atoms with Crippen LogP contribution >= 0.6 is 31.9 Å². The van der Waals surface area contributed by atoms with Gasteiger partial charge in [0, 0.05) is 43.1 Å². The summed E-state index contributed by atoms with van der Waals surface area (Å²) in [6, 6.07) is 41.8. The summed E-state index contributed by atoms with van der Waals surface area (Å²) < 4.78 is 13.4. The van der Waals surface area contributed by atoms with Crippen LogP contribution in [0.3, 0.4) is 0 Å². The molecule has 0 saturated heterocycles. The van der Waals surface area contributed by atoms with Crippen molar-refractivity contribution in [1.29, 1.82) is 0 Å². The van der Waals surface area contributed by atoms with Gasteiger partial charge in [-0.3, -0.25) is 0 Å². The van der Waals surface area contributed by atoms with Crippen molar-refractivity contribution in [3.05, 3.63) is 130 Å². The molecule has 5 aromatic carbocycles. The van der Waals surface area contributed by atoms with Crippen LogP contribution < -0.4 is 19.3 Å². The highest BCUT2D eigenvalue weighted by Crippen LogP contribution is 2.40. The van der Waals surface area contributed by atoms with Gasteiger partial charge in [0.2, 0.25) is 0 Å². The van der Waals surface area contributed by atoms with E-state index >= 15 is 0 Å². The highest BCUT2D eigenvalue weighted by atomic mass is 79.9. The molecule has 0 spiro atoms. The summed E-state index contributed by atoms with van der Waals surface area (Å²) in [7, 11) is 0. The Kier molecular flexibility index (Phi) is 9.09. The van der Waals surface area contributed by atoms with Crippen molar-refractivity contribution in [3.8, 4) is 11.5 Å². The predicted octanol–water partition coefficient (Wildman–Crippen LogP) is 10.9. The standard InChI is InChI=1S/C34H30Br2N2O2/c1-3-39-33-21-17-31(18-22-33)37(27-9-5-25(35)6-10-27)29-13-15-30(16-14-29)38(28-11-7-26(36)8-12-28)32-19-23-34(24-20-32)40-4-2/h5-24H,3-4H2,1-2H3. The molecule has 0 N–H and O–H groups in total. The minimum Gasteiger partial charge on any atom is -0.494 e. The third kappa shape index (κ3) is 6.52. The first-order chi connectivity index (χ1) is 19.6. The van der Waals surface area contributed by atoms with Crippen molar-refractivity contribution in [2.75, 3.05) is 23.0 Å². The van der Waals surface area contributed by atoms with E-state index < -0.39 is 0 Å². The number of rotatable bonds is 10. The molecule has 0 aliphatic heterocycles. The third-order valence-corrected chi connectivity index (χ3v) is 7.40. The second-order valence-electron chi connectivity index (χ2n) is 8.99.